The average Bonchev–Trinajstić information content (AvgIpc) is 3.37. The van der Waals surface area contributed by atoms with Crippen LogP contribution in [0.2, 0.25) is 0 Å². The van der Waals surface area contributed by atoms with Crippen molar-refractivity contribution in [3.05, 3.63) is 83.8 Å². The molecule has 0 aliphatic rings. The second-order valence-electron chi connectivity index (χ2n) is 6.88. The molecule has 10 heteroatoms. The van der Waals surface area contributed by atoms with Crippen molar-refractivity contribution in [2.24, 2.45) is 0 Å². The van der Waals surface area contributed by atoms with Crippen LogP contribution in [-0.2, 0) is 6.18 Å². The summed E-state index contributed by atoms with van der Waals surface area (Å²) < 4.78 is 48.3. The van der Waals surface area contributed by atoms with Crippen LogP contribution in [0.5, 0.6) is 5.75 Å². The lowest BCUT2D eigenvalue weighted by molar-refractivity contribution is -0.137. The Morgan fingerprint density at radius 2 is 1.72 bits per heavy atom. The highest BCUT2D eigenvalue weighted by Crippen LogP contribution is 2.35. The minimum atomic E-state index is -4.59. The van der Waals surface area contributed by atoms with Crippen LogP contribution in [0.3, 0.4) is 0 Å². The summed E-state index contributed by atoms with van der Waals surface area (Å²) in [5, 5.41) is 11.0. The Morgan fingerprint density at radius 1 is 1.03 bits per heavy atom. The van der Waals surface area contributed by atoms with E-state index < -0.39 is 17.6 Å². The van der Waals surface area contributed by atoms with Gasteiger partial charge in [0.1, 0.15) is 5.82 Å². The third-order valence-corrected chi connectivity index (χ3v) is 4.65. The fourth-order valence-electron chi connectivity index (χ4n) is 3.22. The number of aryl methyl sites for hydroxylation is 1. The Hall–Kier alpha value is -4.08. The van der Waals surface area contributed by atoms with E-state index in [1.165, 1.54) is 36.1 Å². The number of para-hydroxylation sites is 2. The maximum absolute atomic E-state index is 13.5. The fraction of sp³-hybridized carbons (Fsp3) is 0.136. The van der Waals surface area contributed by atoms with Gasteiger partial charge in [0.2, 0.25) is 0 Å². The van der Waals surface area contributed by atoms with Crippen LogP contribution in [0, 0.1) is 6.92 Å². The molecule has 7 nitrogen and oxygen atoms in total. The molecule has 0 unspecified atom stereocenters. The molecule has 0 saturated carbocycles. The lowest BCUT2D eigenvalue weighted by atomic mass is 10.1. The van der Waals surface area contributed by atoms with Crippen molar-refractivity contribution < 1.29 is 22.7 Å². The van der Waals surface area contributed by atoms with Crippen LogP contribution in [0.25, 0.3) is 11.4 Å². The van der Waals surface area contributed by atoms with E-state index in [2.05, 4.69) is 15.5 Å². The molecule has 0 saturated heterocycles. The summed E-state index contributed by atoms with van der Waals surface area (Å²) in [5.41, 5.74) is 0.0458. The van der Waals surface area contributed by atoms with Crippen molar-refractivity contribution in [2.45, 2.75) is 13.1 Å². The molecule has 0 aliphatic carbocycles. The van der Waals surface area contributed by atoms with Crippen molar-refractivity contribution in [1.82, 2.24) is 19.6 Å². The van der Waals surface area contributed by atoms with Gasteiger partial charge in [-0.15, -0.1) is 0 Å². The van der Waals surface area contributed by atoms with E-state index >= 15 is 0 Å². The number of anilines is 1. The van der Waals surface area contributed by atoms with Crippen LogP contribution in [0.1, 0.15) is 21.7 Å². The molecule has 4 aromatic rings. The number of aromatic nitrogens is 4. The second-order valence-corrected chi connectivity index (χ2v) is 6.88. The van der Waals surface area contributed by atoms with Gasteiger partial charge < -0.3 is 10.1 Å². The van der Waals surface area contributed by atoms with E-state index in [0.29, 0.717) is 11.4 Å². The summed E-state index contributed by atoms with van der Waals surface area (Å²) in [6.07, 6.45) is -3.04. The molecule has 4 rings (SSSR count). The fourth-order valence-corrected chi connectivity index (χ4v) is 3.22. The summed E-state index contributed by atoms with van der Waals surface area (Å²) in [7, 11) is 1.40. The standard InChI is InChI=1S/C22H18F3N5O2/c1-14-12-19(30(27-14)17-11-7-6-10-16(17)22(23,24)25)26-21(31)20-18(32-2)13-29(28-20)15-8-4-3-5-9-15/h3-13H,1-2H3,(H,26,31). The van der Waals surface area contributed by atoms with E-state index in [1.807, 2.05) is 18.2 Å². The lowest BCUT2D eigenvalue weighted by Gasteiger charge is -2.15. The van der Waals surface area contributed by atoms with Crippen molar-refractivity contribution in [1.29, 1.82) is 0 Å². The minimum absolute atomic E-state index is 0.0223. The van der Waals surface area contributed by atoms with Gasteiger partial charge in [0, 0.05) is 6.07 Å². The summed E-state index contributed by atoms with van der Waals surface area (Å²) in [4.78, 5) is 13.0. The maximum atomic E-state index is 13.5. The summed E-state index contributed by atoms with van der Waals surface area (Å²) in [5.74, 6) is -0.368. The number of nitrogens with zero attached hydrogens (tertiary/aromatic N) is 4. The van der Waals surface area contributed by atoms with Gasteiger partial charge >= 0.3 is 6.18 Å². The quantitative estimate of drug-likeness (QED) is 0.490. The molecular weight excluding hydrogens is 423 g/mol. The predicted molar refractivity (Wildman–Crippen MR) is 111 cm³/mol. The Morgan fingerprint density at radius 3 is 2.41 bits per heavy atom. The molecular formula is C22H18F3N5O2. The highest BCUT2D eigenvalue weighted by molar-refractivity contribution is 6.04. The highest BCUT2D eigenvalue weighted by atomic mass is 19.4. The number of hydrogen-bond donors (Lipinski definition) is 1. The SMILES string of the molecule is COc1cn(-c2ccccc2)nc1C(=O)Nc1cc(C)nn1-c1ccccc1C(F)(F)F. The molecule has 0 radical (unpaired) electrons. The molecule has 0 atom stereocenters. The molecule has 0 fully saturated rings. The van der Waals surface area contributed by atoms with Crippen LogP contribution in [-0.4, -0.2) is 32.6 Å². The number of hydrogen-bond acceptors (Lipinski definition) is 4. The number of halogens is 3. The van der Waals surface area contributed by atoms with Gasteiger partial charge in [0.05, 0.1) is 35.9 Å². The zero-order valence-corrected chi connectivity index (χ0v) is 17.1. The van der Waals surface area contributed by atoms with Gasteiger partial charge in [-0.3, -0.25) is 4.79 Å². The van der Waals surface area contributed by atoms with Crippen LogP contribution in [0.4, 0.5) is 19.0 Å². The van der Waals surface area contributed by atoms with Crippen LogP contribution in [0.15, 0.2) is 66.9 Å². The number of rotatable bonds is 5. The molecule has 0 bridgehead atoms. The van der Waals surface area contributed by atoms with Gasteiger partial charge in [-0.1, -0.05) is 30.3 Å². The van der Waals surface area contributed by atoms with Gasteiger partial charge in [0.25, 0.3) is 5.91 Å². The molecule has 1 amide bonds. The van der Waals surface area contributed by atoms with E-state index in [-0.39, 0.29) is 22.9 Å². The Bertz CT molecular complexity index is 1260. The van der Waals surface area contributed by atoms with Crippen molar-refractivity contribution >= 4 is 11.7 Å². The largest absolute Gasteiger partial charge is 0.493 e. The van der Waals surface area contributed by atoms with E-state index in [0.717, 1.165) is 10.7 Å². The Kier molecular flexibility index (Phi) is 5.43. The first-order valence-electron chi connectivity index (χ1n) is 9.51. The predicted octanol–water partition coefficient (Wildman–Crippen LogP) is 4.65. The van der Waals surface area contributed by atoms with Gasteiger partial charge in [0.15, 0.2) is 11.4 Å². The van der Waals surface area contributed by atoms with Crippen LogP contribution >= 0.6 is 0 Å². The number of methoxy groups -OCH3 is 1. The smallest absolute Gasteiger partial charge is 0.418 e. The molecule has 164 valence electrons. The monoisotopic (exact) mass is 441 g/mol. The van der Waals surface area contributed by atoms with E-state index in [4.69, 9.17) is 4.74 Å². The Labute approximate surface area is 181 Å². The first-order chi connectivity index (χ1) is 15.3. The number of ether oxygens (including phenoxy) is 1. The third-order valence-electron chi connectivity index (χ3n) is 4.65. The number of nitrogens with one attached hydrogen (secondary N) is 1. The first kappa shape index (κ1) is 21.2. The van der Waals surface area contributed by atoms with E-state index in [9.17, 15) is 18.0 Å². The summed E-state index contributed by atoms with van der Waals surface area (Å²) in [6.45, 7) is 1.62. The maximum Gasteiger partial charge on any atom is 0.418 e. The third kappa shape index (κ3) is 4.07. The van der Waals surface area contributed by atoms with Crippen LogP contribution < -0.4 is 10.1 Å². The summed E-state index contributed by atoms with van der Waals surface area (Å²) in [6, 6.07) is 15.6. The van der Waals surface area contributed by atoms with Crippen molar-refractivity contribution in [3.8, 4) is 17.1 Å². The number of alkyl halides is 3. The van der Waals surface area contributed by atoms with E-state index in [1.54, 1.807) is 25.3 Å². The highest BCUT2D eigenvalue weighted by Gasteiger charge is 2.34. The lowest BCUT2D eigenvalue weighted by Crippen LogP contribution is -2.18. The Balaban J connectivity index is 1.71. The minimum Gasteiger partial charge on any atom is -0.493 e. The van der Waals surface area contributed by atoms with Crippen molar-refractivity contribution in [3.63, 3.8) is 0 Å². The van der Waals surface area contributed by atoms with Gasteiger partial charge in [-0.2, -0.15) is 23.4 Å². The number of carbonyl (C=O) groups is 1. The average molecular weight is 441 g/mol. The van der Waals surface area contributed by atoms with Crippen molar-refractivity contribution in [2.75, 3.05) is 12.4 Å². The molecule has 1 N–H and O–H groups in total. The number of amides is 1. The normalized spacial score (nSPS) is 11.4. The number of carbonyl (C=O) groups excluding carboxylic acids is 1. The molecule has 0 spiro atoms. The molecule has 0 aliphatic heterocycles. The van der Waals surface area contributed by atoms with Gasteiger partial charge in [-0.25, -0.2) is 9.36 Å². The summed E-state index contributed by atoms with van der Waals surface area (Å²) >= 11 is 0. The molecule has 2 aromatic carbocycles. The molecule has 2 aromatic heterocycles. The topological polar surface area (TPSA) is 74.0 Å². The first-order valence-corrected chi connectivity index (χ1v) is 9.51. The second kappa shape index (κ2) is 8.22. The zero-order valence-electron chi connectivity index (χ0n) is 17.1. The number of benzene rings is 2. The zero-order chi connectivity index (χ0) is 22.9. The van der Waals surface area contributed by atoms with Gasteiger partial charge in [-0.05, 0) is 31.2 Å². The molecule has 2 heterocycles. The molecule has 32 heavy (non-hydrogen) atoms.